The number of morpholine rings is 1. The standard InChI is InChI=1S/C26H22BrCl2N3O4/c27-18-3-7-21(29)17(11-18)12-25(33)32-9-10-35-23-15-31(14-22(23)32)26(34)16-1-5-20(6-2-16)36-24-8-4-19(28)13-30-24/h1-8,11,13,22-23H,9-10,12,14-15H2/t22-,23+/m0/s1. The van der Waals surface area contributed by atoms with Crippen LogP contribution >= 0.6 is 39.1 Å². The molecule has 0 spiro atoms. The number of pyridine rings is 1. The first kappa shape index (κ1) is 25.0. The minimum Gasteiger partial charge on any atom is -0.439 e. The third-order valence-corrected chi connectivity index (χ3v) is 7.37. The van der Waals surface area contributed by atoms with Crippen LogP contribution in [0, 0.1) is 0 Å². The normalized spacial score (nSPS) is 19.2. The summed E-state index contributed by atoms with van der Waals surface area (Å²) in [7, 11) is 0. The largest absolute Gasteiger partial charge is 0.439 e. The van der Waals surface area contributed by atoms with Crippen LogP contribution in [0.25, 0.3) is 0 Å². The molecule has 2 saturated heterocycles. The van der Waals surface area contributed by atoms with Crippen LogP contribution in [0.15, 0.2) is 65.3 Å². The Morgan fingerprint density at radius 2 is 1.89 bits per heavy atom. The van der Waals surface area contributed by atoms with E-state index in [9.17, 15) is 9.59 Å². The lowest BCUT2D eigenvalue weighted by molar-refractivity contribution is -0.142. The Kier molecular flexibility index (Phi) is 7.48. The van der Waals surface area contributed by atoms with Crippen molar-refractivity contribution in [2.24, 2.45) is 0 Å². The molecule has 2 aromatic carbocycles. The van der Waals surface area contributed by atoms with Gasteiger partial charge in [0.05, 0.1) is 30.2 Å². The number of hydrogen-bond donors (Lipinski definition) is 0. The number of benzene rings is 2. The average molecular weight is 591 g/mol. The fraction of sp³-hybridized carbons (Fsp3) is 0.269. The molecule has 1 aromatic heterocycles. The average Bonchev–Trinajstić information content (AvgIpc) is 3.32. The van der Waals surface area contributed by atoms with E-state index in [4.69, 9.17) is 32.7 Å². The number of likely N-dealkylation sites (tertiary alicyclic amines) is 1. The predicted molar refractivity (Wildman–Crippen MR) is 140 cm³/mol. The number of aromatic nitrogens is 1. The van der Waals surface area contributed by atoms with Gasteiger partial charge in [-0.05, 0) is 54.1 Å². The molecule has 0 saturated carbocycles. The number of nitrogens with zero attached hydrogens (tertiary/aromatic N) is 3. The molecular formula is C26H22BrCl2N3O4. The van der Waals surface area contributed by atoms with Crippen molar-refractivity contribution in [3.05, 3.63) is 86.4 Å². The summed E-state index contributed by atoms with van der Waals surface area (Å²) >= 11 is 15.6. The molecule has 186 valence electrons. The molecule has 36 heavy (non-hydrogen) atoms. The van der Waals surface area contributed by atoms with Gasteiger partial charge in [0.25, 0.3) is 5.91 Å². The fourth-order valence-electron chi connectivity index (χ4n) is 4.50. The second-order valence-corrected chi connectivity index (χ2v) is 10.4. The van der Waals surface area contributed by atoms with Crippen LogP contribution in [-0.2, 0) is 16.0 Å². The molecule has 0 unspecified atom stereocenters. The Labute approximate surface area is 227 Å². The van der Waals surface area contributed by atoms with Crippen molar-refractivity contribution in [1.29, 1.82) is 0 Å². The van der Waals surface area contributed by atoms with Gasteiger partial charge in [-0.15, -0.1) is 0 Å². The zero-order valence-electron chi connectivity index (χ0n) is 19.1. The second kappa shape index (κ2) is 10.8. The number of ether oxygens (including phenoxy) is 2. The molecule has 3 heterocycles. The molecule has 3 aromatic rings. The van der Waals surface area contributed by atoms with E-state index in [2.05, 4.69) is 20.9 Å². The number of amides is 2. The molecule has 10 heteroatoms. The van der Waals surface area contributed by atoms with E-state index in [1.54, 1.807) is 47.4 Å². The maximum atomic E-state index is 13.2. The Balaban J connectivity index is 1.24. The van der Waals surface area contributed by atoms with Crippen molar-refractivity contribution in [2.75, 3.05) is 26.2 Å². The topological polar surface area (TPSA) is 72.0 Å². The Hall–Kier alpha value is -2.65. The van der Waals surface area contributed by atoms with Crippen molar-refractivity contribution in [3.8, 4) is 11.6 Å². The zero-order valence-corrected chi connectivity index (χ0v) is 22.2. The van der Waals surface area contributed by atoms with Gasteiger partial charge in [-0.1, -0.05) is 39.1 Å². The van der Waals surface area contributed by atoms with Crippen molar-refractivity contribution < 1.29 is 19.1 Å². The molecule has 5 rings (SSSR count). The summed E-state index contributed by atoms with van der Waals surface area (Å²) in [6.07, 6.45) is 1.48. The highest BCUT2D eigenvalue weighted by molar-refractivity contribution is 9.10. The summed E-state index contributed by atoms with van der Waals surface area (Å²) in [5.74, 6) is 0.822. The maximum Gasteiger partial charge on any atom is 0.254 e. The SMILES string of the molecule is O=C(c1ccc(Oc2ccc(Cl)cn2)cc1)N1C[C@H]2OCCN(C(=O)Cc3cc(Br)ccc3Cl)[C@H]2C1. The highest BCUT2D eigenvalue weighted by atomic mass is 79.9. The molecule has 2 aliphatic rings. The number of carbonyl (C=O) groups is 2. The first-order valence-corrected chi connectivity index (χ1v) is 13.0. The third-order valence-electron chi connectivity index (χ3n) is 6.28. The predicted octanol–water partition coefficient (Wildman–Crippen LogP) is 5.24. The number of carbonyl (C=O) groups excluding carboxylic acids is 2. The van der Waals surface area contributed by atoms with Crippen molar-refractivity contribution in [3.63, 3.8) is 0 Å². The van der Waals surface area contributed by atoms with E-state index in [0.717, 1.165) is 10.0 Å². The third kappa shape index (κ3) is 5.52. The molecule has 0 radical (unpaired) electrons. The maximum absolute atomic E-state index is 13.2. The smallest absolute Gasteiger partial charge is 0.254 e. The second-order valence-electron chi connectivity index (χ2n) is 8.63. The summed E-state index contributed by atoms with van der Waals surface area (Å²) in [6.45, 7) is 1.76. The summed E-state index contributed by atoms with van der Waals surface area (Å²) < 4.78 is 12.5. The van der Waals surface area contributed by atoms with Gasteiger partial charge >= 0.3 is 0 Å². The van der Waals surface area contributed by atoms with Crippen molar-refractivity contribution in [1.82, 2.24) is 14.8 Å². The van der Waals surface area contributed by atoms with Crippen LogP contribution in [0.3, 0.4) is 0 Å². The van der Waals surface area contributed by atoms with Crippen LogP contribution < -0.4 is 4.74 Å². The Bertz CT molecular complexity index is 1270. The monoisotopic (exact) mass is 589 g/mol. The Morgan fingerprint density at radius 1 is 1.08 bits per heavy atom. The van der Waals surface area contributed by atoms with Gasteiger partial charge in [-0.3, -0.25) is 9.59 Å². The fourth-order valence-corrected chi connectivity index (χ4v) is 5.20. The van der Waals surface area contributed by atoms with Gasteiger partial charge in [0.1, 0.15) is 5.75 Å². The van der Waals surface area contributed by atoms with Crippen molar-refractivity contribution in [2.45, 2.75) is 18.6 Å². The lowest BCUT2D eigenvalue weighted by Gasteiger charge is -2.36. The molecule has 0 bridgehead atoms. The highest BCUT2D eigenvalue weighted by Gasteiger charge is 2.43. The number of hydrogen-bond acceptors (Lipinski definition) is 5. The summed E-state index contributed by atoms with van der Waals surface area (Å²) in [6, 6.07) is 15.5. The first-order valence-electron chi connectivity index (χ1n) is 11.4. The Morgan fingerprint density at radius 3 is 2.64 bits per heavy atom. The molecular weight excluding hydrogens is 569 g/mol. The molecule has 2 atom stereocenters. The van der Waals surface area contributed by atoms with Gasteiger partial charge in [0.2, 0.25) is 11.8 Å². The van der Waals surface area contributed by atoms with Crippen LogP contribution in [0.4, 0.5) is 0 Å². The van der Waals surface area contributed by atoms with Crippen LogP contribution in [0.5, 0.6) is 11.6 Å². The van der Waals surface area contributed by atoms with Gasteiger partial charge < -0.3 is 19.3 Å². The van der Waals surface area contributed by atoms with E-state index in [1.165, 1.54) is 6.20 Å². The van der Waals surface area contributed by atoms with E-state index in [0.29, 0.717) is 53.5 Å². The minimum atomic E-state index is -0.219. The lowest BCUT2D eigenvalue weighted by Crippen LogP contribution is -2.53. The quantitative estimate of drug-likeness (QED) is 0.406. The highest BCUT2D eigenvalue weighted by Crippen LogP contribution is 2.28. The van der Waals surface area contributed by atoms with Gasteiger partial charge in [-0.25, -0.2) is 4.98 Å². The number of halogens is 3. The summed E-state index contributed by atoms with van der Waals surface area (Å²) in [5.41, 5.74) is 1.30. The zero-order chi connectivity index (χ0) is 25.2. The van der Waals surface area contributed by atoms with Gasteiger partial charge in [-0.2, -0.15) is 0 Å². The van der Waals surface area contributed by atoms with E-state index in [1.807, 2.05) is 17.0 Å². The van der Waals surface area contributed by atoms with E-state index >= 15 is 0 Å². The molecule has 0 aliphatic carbocycles. The summed E-state index contributed by atoms with van der Waals surface area (Å²) in [4.78, 5) is 34.1. The molecule has 2 fully saturated rings. The molecule has 2 amide bonds. The van der Waals surface area contributed by atoms with Crippen LogP contribution in [0.2, 0.25) is 10.0 Å². The minimum absolute atomic E-state index is 0.0279. The summed E-state index contributed by atoms with van der Waals surface area (Å²) in [5, 5.41) is 1.08. The van der Waals surface area contributed by atoms with Crippen molar-refractivity contribution >= 4 is 50.9 Å². The molecule has 0 N–H and O–H groups in total. The van der Waals surface area contributed by atoms with Crippen LogP contribution in [-0.4, -0.2) is 65.0 Å². The lowest BCUT2D eigenvalue weighted by atomic mass is 10.1. The molecule has 7 nitrogen and oxygen atoms in total. The van der Waals surface area contributed by atoms with Crippen LogP contribution in [0.1, 0.15) is 15.9 Å². The van der Waals surface area contributed by atoms with E-state index < -0.39 is 0 Å². The number of fused-ring (bicyclic) bond motifs is 1. The van der Waals surface area contributed by atoms with E-state index in [-0.39, 0.29) is 30.4 Å². The number of rotatable bonds is 5. The first-order chi connectivity index (χ1) is 17.4. The van der Waals surface area contributed by atoms with Gasteiger partial charge in [0.15, 0.2) is 0 Å². The van der Waals surface area contributed by atoms with Gasteiger partial charge in [0, 0.05) is 47.0 Å². The molecule has 2 aliphatic heterocycles.